The molecule has 94 valence electrons. The first-order valence-electron chi connectivity index (χ1n) is 5.20. The molecule has 0 aliphatic rings. The van der Waals surface area contributed by atoms with E-state index in [1.807, 2.05) is 17.5 Å². The van der Waals surface area contributed by atoms with Crippen molar-refractivity contribution < 1.29 is 13.2 Å². The summed E-state index contributed by atoms with van der Waals surface area (Å²) in [5.74, 6) is 0. The first kappa shape index (κ1) is 12.9. The highest BCUT2D eigenvalue weighted by atomic mass is 32.1. The van der Waals surface area contributed by atoms with Gasteiger partial charge in [-0.25, -0.2) is 0 Å². The third-order valence-electron chi connectivity index (χ3n) is 2.57. The van der Waals surface area contributed by atoms with Gasteiger partial charge in [0.2, 0.25) is 0 Å². The van der Waals surface area contributed by atoms with Gasteiger partial charge in [-0.15, -0.1) is 22.7 Å². The summed E-state index contributed by atoms with van der Waals surface area (Å²) in [7, 11) is 1.70. The maximum Gasteiger partial charge on any atom is 0.389 e. The molecule has 1 N–H and O–H groups in total. The molecule has 0 spiro atoms. The van der Waals surface area contributed by atoms with Gasteiger partial charge in [-0.2, -0.15) is 13.2 Å². The van der Waals surface area contributed by atoms with Gasteiger partial charge in [-0.05, 0) is 31.0 Å². The number of rotatable bonds is 4. The number of fused-ring (bicyclic) bond motifs is 1. The Balaban J connectivity index is 2.10. The van der Waals surface area contributed by atoms with E-state index in [2.05, 4.69) is 5.32 Å². The smallest absolute Gasteiger partial charge is 0.312 e. The number of alkyl halides is 3. The Morgan fingerprint density at radius 3 is 2.71 bits per heavy atom. The summed E-state index contributed by atoms with van der Waals surface area (Å²) in [5.41, 5.74) is 0. The maximum absolute atomic E-state index is 12.2. The number of nitrogens with one attached hydrogen (secondary N) is 1. The third kappa shape index (κ3) is 3.20. The summed E-state index contributed by atoms with van der Waals surface area (Å²) in [4.78, 5) is 0.985. The van der Waals surface area contributed by atoms with Crippen LogP contribution in [-0.4, -0.2) is 13.2 Å². The summed E-state index contributed by atoms with van der Waals surface area (Å²) >= 11 is 3.19. The topological polar surface area (TPSA) is 12.0 Å². The molecule has 0 bridgehead atoms. The molecule has 0 saturated heterocycles. The molecule has 0 radical (unpaired) electrons. The van der Waals surface area contributed by atoms with Crippen LogP contribution in [-0.2, 0) is 0 Å². The van der Waals surface area contributed by atoms with Crippen molar-refractivity contribution in [3.05, 3.63) is 22.4 Å². The lowest BCUT2D eigenvalue weighted by Gasteiger charge is -2.15. The molecule has 0 amide bonds. The zero-order valence-corrected chi connectivity index (χ0v) is 10.8. The van der Waals surface area contributed by atoms with Gasteiger partial charge in [0.25, 0.3) is 0 Å². The zero-order valence-electron chi connectivity index (χ0n) is 9.17. The Morgan fingerprint density at radius 2 is 2.12 bits per heavy atom. The maximum atomic E-state index is 12.2. The average Bonchev–Trinajstić information content (AvgIpc) is 2.76. The SMILES string of the molecule is CNC(CCC(F)(F)F)c1cc2sccc2s1. The van der Waals surface area contributed by atoms with E-state index in [4.69, 9.17) is 0 Å². The van der Waals surface area contributed by atoms with E-state index < -0.39 is 12.6 Å². The van der Waals surface area contributed by atoms with Gasteiger partial charge in [-0.1, -0.05) is 0 Å². The summed E-state index contributed by atoms with van der Waals surface area (Å²) in [6.07, 6.45) is -4.73. The van der Waals surface area contributed by atoms with Gasteiger partial charge >= 0.3 is 6.18 Å². The number of hydrogen-bond donors (Lipinski definition) is 1. The van der Waals surface area contributed by atoms with Crippen molar-refractivity contribution in [1.82, 2.24) is 5.32 Å². The van der Waals surface area contributed by atoms with Crippen LogP contribution in [0.25, 0.3) is 9.40 Å². The highest BCUT2D eigenvalue weighted by Gasteiger charge is 2.28. The van der Waals surface area contributed by atoms with Crippen LogP contribution in [0.2, 0.25) is 0 Å². The van der Waals surface area contributed by atoms with E-state index >= 15 is 0 Å². The Bertz CT molecular complexity index is 458. The van der Waals surface area contributed by atoms with Crippen molar-refractivity contribution in [2.24, 2.45) is 0 Å². The molecule has 1 unspecified atom stereocenters. The summed E-state index contributed by atoms with van der Waals surface area (Å²) in [5, 5.41) is 4.95. The molecule has 2 aromatic heterocycles. The van der Waals surface area contributed by atoms with Gasteiger partial charge in [0.1, 0.15) is 0 Å². The highest BCUT2D eigenvalue weighted by molar-refractivity contribution is 7.26. The molecule has 2 aromatic rings. The molecule has 2 heterocycles. The van der Waals surface area contributed by atoms with E-state index in [-0.39, 0.29) is 12.5 Å². The summed E-state index contributed by atoms with van der Waals surface area (Å²) in [6, 6.07) is 3.79. The molecular formula is C11H12F3NS2. The Kier molecular flexibility index (Phi) is 3.75. The monoisotopic (exact) mass is 279 g/mol. The van der Waals surface area contributed by atoms with Crippen LogP contribution in [0.3, 0.4) is 0 Å². The van der Waals surface area contributed by atoms with E-state index in [0.717, 1.165) is 14.3 Å². The van der Waals surface area contributed by atoms with Crippen molar-refractivity contribution in [2.75, 3.05) is 7.05 Å². The van der Waals surface area contributed by atoms with Crippen LogP contribution in [0.5, 0.6) is 0 Å². The predicted molar refractivity (Wildman–Crippen MR) is 66.8 cm³/mol. The molecule has 0 aliphatic heterocycles. The average molecular weight is 279 g/mol. The molecule has 0 fully saturated rings. The Hall–Kier alpha value is -0.590. The van der Waals surface area contributed by atoms with Gasteiger partial charge in [0.15, 0.2) is 0 Å². The van der Waals surface area contributed by atoms with Crippen LogP contribution in [0.4, 0.5) is 13.2 Å². The third-order valence-corrected chi connectivity index (χ3v) is 4.77. The largest absolute Gasteiger partial charge is 0.389 e. The number of halogens is 3. The quantitative estimate of drug-likeness (QED) is 0.864. The minimum Gasteiger partial charge on any atom is -0.312 e. The second-order valence-electron chi connectivity index (χ2n) is 3.79. The molecule has 6 heteroatoms. The normalized spacial score (nSPS) is 14.4. The fourth-order valence-corrected chi connectivity index (χ4v) is 3.96. The van der Waals surface area contributed by atoms with Crippen molar-refractivity contribution in [1.29, 1.82) is 0 Å². The summed E-state index contributed by atoms with van der Waals surface area (Å²) < 4.78 is 38.9. The standard InChI is InChI=1S/C11H12F3NS2/c1-15-7(2-4-11(12,13)14)9-6-10-8(17-9)3-5-16-10/h3,5-7,15H,2,4H2,1H3. The molecule has 0 aliphatic carbocycles. The van der Waals surface area contributed by atoms with E-state index in [0.29, 0.717) is 0 Å². The fraction of sp³-hybridized carbons (Fsp3) is 0.455. The van der Waals surface area contributed by atoms with Crippen LogP contribution in [0.1, 0.15) is 23.8 Å². The lowest BCUT2D eigenvalue weighted by atomic mass is 10.1. The van der Waals surface area contributed by atoms with Crippen LogP contribution in [0, 0.1) is 0 Å². The first-order chi connectivity index (χ1) is 7.99. The zero-order chi connectivity index (χ0) is 12.5. The van der Waals surface area contributed by atoms with E-state index in [1.165, 1.54) is 0 Å². The van der Waals surface area contributed by atoms with Crippen molar-refractivity contribution >= 4 is 32.1 Å². The number of hydrogen-bond acceptors (Lipinski definition) is 3. The van der Waals surface area contributed by atoms with Crippen LogP contribution >= 0.6 is 22.7 Å². The Labute approximate surface area is 105 Å². The van der Waals surface area contributed by atoms with Crippen molar-refractivity contribution in [3.63, 3.8) is 0 Å². The van der Waals surface area contributed by atoms with Gasteiger partial charge in [0, 0.05) is 26.7 Å². The molecular weight excluding hydrogens is 267 g/mol. The highest BCUT2D eigenvalue weighted by Crippen LogP contribution is 2.36. The van der Waals surface area contributed by atoms with Crippen LogP contribution in [0.15, 0.2) is 17.5 Å². The second kappa shape index (κ2) is 4.96. The van der Waals surface area contributed by atoms with Gasteiger partial charge in [-0.3, -0.25) is 0 Å². The van der Waals surface area contributed by atoms with Crippen molar-refractivity contribution in [3.8, 4) is 0 Å². The number of thiophene rings is 2. The second-order valence-corrected chi connectivity index (χ2v) is 5.86. The lowest BCUT2D eigenvalue weighted by molar-refractivity contribution is -0.136. The fourth-order valence-electron chi connectivity index (χ4n) is 1.69. The molecule has 0 saturated carbocycles. The Morgan fingerprint density at radius 1 is 1.35 bits per heavy atom. The molecule has 17 heavy (non-hydrogen) atoms. The molecule has 1 nitrogen and oxygen atoms in total. The summed E-state index contributed by atoms with van der Waals surface area (Å²) in [6.45, 7) is 0. The minimum atomic E-state index is -4.08. The lowest BCUT2D eigenvalue weighted by Crippen LogP contribution is -2.18. The first-order valence-corrected chi connectivity index (χ1v) is 6.90. The van der Waals surface area contributed by atoms with E-state index in [9.17, 15) is 13.2 Å². The molecule has 0 aromatic carbocycles. The predicted octanol–water partition coefficient (Wildman–Crippen LogP) is 4.57. The molecule has 2 rings (SSSR count). The van der Waals surface area contributed by atoms with Gasteiger partial charge in [0.05, 0.1) is 0 Å². The van der Waals surface area contributed by atoms with E-state index in [1.54, 1.807) is 29.7 Å². The van der Waals surface area contributed by atoms with Gasteiger partial charge < -0.3 is 5.32 Å². The minimum absolute atomic E-state index is 0.0910. The molecule has 1 atom stereocenters. The van der Waals surface area contributed by atoms with Crippen LogP contribution < -0.4 is 5.32 Å². The van der Waals surface area contributed by atoms with Crippen molar-refractivity contribution in [2.45, 2.75) is 25.1 Å².